The Morgan fingerprint density at radius 2 is 1.79 bits per heavy atom. The van der Waals surface area contributed by atoms with Gasteiger partial charge in [-0.2, -0.15) is 8.42 Å². The Morgan fingerprint density at radius 1 is 1.29 bits per heavy atom. The Balaban J connectivity index is 3.74. The zero-order valence-electron chi connectivity index (χ0n) is 8.65. The van der Waals surface area contributed by atoms with Crippen LogP contribution in [0.25, 0.3) is 0 Å². The maximum absolute atomic E-state index is 10.3. The molecule has 0 radical (unpaired) electrons. The maximum atomic E-state index is 10.3. The van der Waals surface area contributed by atoms with Gasteiger partial charge >= 0.3 is 0 Å². The Labute approximate surface area is 85.3 Å². The Morgan fingerprint density at radius 3 is 2.14 bits per heavy atom. The highest BCUT2D eigenvalue weighted by atomic mass is 32.2. The molecule has 0 aromatic rings. The lowest BCUT2D eigenvalue weighted by molar-refractivity contribution is 0.0331. The Hall–Kier alpha value is -0.170. The van der Waals surface area contributed by atoms with Crippen LogP contribution in [0.3, 0.4) is 0 Å². The summed E-state index contributed by atoms with van der Waals surface area (Å²) in [6, 6.07) is 0. The molecule has 0 amide bonds. The fourth-order valence-corrected chi connectivity index (χ4v) is 1.42. The van der Waals surface area contributed by atoms with E-state index in [1.165, 1.54) is 0 Å². The van der Waals surface area contributed by atoms with Crippen molar-refractivity contribution in [2.45, 2.75) is 32.3 Å². The van der Waals surface area contributed by atoms with E-state index < -0.39 is 15.7 Å². The van der Waals surface area contributed by atoms with E-state index in [9.17, 15) is 13.5 Å². The van der Waals surface area contributed by atoms with Crippen LogP contribution >= 0.6 is 0 Å². The summed E-state index contributed by atoms with van der Waals surface area (Å²) < 4.78 is 29.1. The molecule has 0 bridgehead atoms. The standard InChI is InChI=1S/C8H19NO4S/c1-3-8(10,4-2)7-9-5-6-14(11,12)13/h9-10H,3-7H2,1-2H3,(H,11,12,13). The van der Waals surface area contributed by atoms with Gasteiger partial charge in [0.2, 0.25) is 0 Å². The lowest BCUT2D eigenvalue weighted by Gasteiger charge is -2.25. The summed E-state index contributed by atoms with van der Waals surface area (Å²) in [6.07, 6.45) is 1.23. The summed E-state index contributed by atoms with van der Waals surface area (Å²) in [5, 5.41) is 12.6. The van der Waals surface area contributed by atoms with E-state index in [4.69, 9.17) is 4.55 Å². The van der Waals surface area contributed by atoms with Gasteiger partial charge < -0.3 is 10.4 Å². The highest BCUT2D eigenvalue weighted by molar-refractivity contribution is 7.85. The van der Waals surface area contributed by atoms with E-state index in [1.807, 2.05) is 13.8 Å². The molecule has 5 nitrogen and oxygen atoms in total. The second-order valence-corrected chi connectivity index (χ2v) is 4.97. The molecule has 0 rings (SSSR count). The van der Waals surface area contributed by atoms with Gasteiger partial charge in [0.1, 0.15) is 0 Å². The van der Waals surface area contributed by atoms with E-state index >= 15 is 0 Å². The highest BCUT2D eigenvalue weighted by Crippen LogP contribution is 2.12. The van der Waals surface area contributed by atoms with Crippen molar-refractivity contribution in [1.82, 2.24) is 5.32 Å². The number of rotatable bonds is 7. The van der Waals surface area contributed by atoms with E-state index in [0.29, 0.717) is 19.4 Å². The van der Waals surface area contributed by atoms with Gasteiger partial charge in [-0.05, 0) is 12.8 Å². The molecule has 0 aliphatic heterocycles. The van der Waals surface area contributed by atoms with Crippen LogP contribution in [0.4, 0.5) is 0 Å². The van der Waals surface area contributed by atoms with Gasteiger partial charge in [0.15, 0.2) is 0 Å². The van der Waals surface area contributed by atoms with Crippen LogP contribution < -0.4 is 5.32 Å². The van der Waals surface area contributed by atoms with Crippen LogP contribution in [0, 0.1) is 0 Å². The second-order valence-electron chi connectivity index (χ2n) is 3.39. The van der Waals surface area contributed by atoms with Crippen molar-refractivity contribution in [3.05, 3.63) is 0 Å². The maximum Gasteiger partial charge on any atom is 0.266 e. The van der Waals surface area contributed by atoms with Crippen LogP contribution in [0.5, 0.6) is 0 Å². The molecule has 86 valence electrons. The molecule has 0 heterocycles. The smallest absolute Gasteiger partial charge is 0.266 e. The van der Waals surface area contributed by atoms with E-state index in [1.54, 1.807) is 0 Å². The lowest BCUT2D eigenvalue weighted by atomic mass is 9.98. The molecule has 0 spiro atoms. The van der Waals surface area contributed by atoms with Crippen molar-refractivity contribution in [3.63, 3.8) is 0 Å². The monoisotopic (exact) mass is 225 g/mol. The number of aliphatic hydroxyl groups is 1. The summed E-state index contributed by atoms with van der Waals surface area (Å²) in [5.41, 5.74) is -0.779. The molecule has 0 aromatic carbocycles. The van der Waals surface area contributed by atoms with Gasteiger partial charge in [-0.1, -0.05) is 13.8 Å². The first-order valence-electron chi connectivity index (χ1n) is 4.71. The molecular weight excluding hydrogens is 206 g/mol. The molecule has 0 saturated carbocycles. The van der Waals surface area contributed by atoms with Crippen LogP contribution in [-0.4, -0.2) is 42.5 Å². The van der Waals surface area contributed by atoms with E-state index in [2.05, 4.69) is 5.32 Å². The normalized spacial score (nSPS) is 13.1. The van der Waals surface area contributed by atoms with E-state index in [-0.39, 0.29) is 12.3 Å². The Bertz CT molecular complexity index is 246. The predicted octanol–water partition coefficient (Wildman–Crippen LogP) is 0.0149. The number of hydrogen-bond acceptors (Lipinski definition) is 4. The highest BCUT2D eigenvalue weighted by Gasteiger charge is 2.21. The molecule has 14 heavy (non-hydrogen) atoms. The predicted molar refractivity (Wildman–Crippen MR) is 54.8 cm³/mol. The van der Waals surface area contributed by atoms with Gasteiger partial charge in [-0.25, -0.2) is 0 Å². The summed E-state index contributed by atoms with van der Waals surface area (Å²) in [5.74, 6) is -0.323. The van der Waals surface area contributed by atoms with Gasteiger partial charge in [-0.3, -0.25) is 4.55 Å². The molecule has 0 aromatic heterocycles. The third-order valence-corrected chi connectivity index (χ3v) is 3.03. The van der Waals surface area contributed by atoms with Crippen LogP contribution in [0.2, 0.25) is 0 Å². The van der Waals surface area contributed by atoms with Crippen molar-refractivity contribution in [1.29, 1.82) is 0 Å². The van der Waals surface area contributed by atoms with Crippen LogP contribution in [0.15, 0.2) is 0 Å². The SMILES string of the molecule is CCC(O)(CC)CNCCS(=O)(=O)O. The fourth-order valence-electron chi connectivity index (χ4n) is 1.02. The molecule has 0 aliphatic carbocycles. The average molecular weight is 225 g/mol. The molecule has 0 unspecified atom stereocenters. The van der Waals surface area contributed by atoms with Crippen molar-refractivity contribution in [2.24, 2.45) is 0 Å². The minimum Gasteiger partial charge on any atom is -0.389 e. The molecule has 0 aliphatic rings. The first kappa shape index (κ1) is 13.8. The second kappa shape index (κ2) is 5.65. The average Bonchev–Trinajstić information content (AvgIpc) is 2.11. The van der Waals surface area contributed by atoms with Crippen molar-refractivity contribution in [3.8, 4) is 0 Å². The third kappa shape index (κ3) is 6.31. The largest absolute Gasteiger partial charge is 0.389 e. The van der Waals surface area contributed by atoms with E-state index in [0.717, 1.165) is 0 Å². The fraction of sp³-hybridized carbons (Fsp3) is 1.00. The van der Waals surface area contributed by atoms with Gasteiger partial charge in [-0.15, -0.1) is 0 Å². The minimum atomic E-state index is -3.90. The topological polar surface area (TPSA) is 86.6 Å². The third-order valence-electron chi connectivity index (χ3n) is 2.31. The van der Waals surface area contributed by atoms with Gasteiger partial charge in [0, 0.05) is 13.1 Å². The van der Waals surface area contributed by atoms with Crippen LogP contribution in [-0.2, 0) is 10.1 Å². The summed E-state index contributed by atoms with van der Waals surface area (Å²) in [7, 11) is -3.90. The quantitative estimate of drug-likeness (QED) is 0.420. The molecular formula is C8H19NO4S. The molecule has 3 N–H and O–H groups in total. The van der Waals surface area contributed by atoms with Crippen molar-refractivity contribution in [2.75, 3.05) is 18.8 Å². The van der Waals surface area contributed by atoms with Crippen LogP contribution in [0.1, 0.15) is 26.7 Å². The summed E-state index contributed by atoms with van der Waals surface area (Å²) >= 11 is 0. The molecule has 0 saturated heterocycles. The molecule has 0 atom stereocenters. The first-order valence-corrected chi connectivity index (χ1v) is 6.32. The molecule has 0 fully saturated rings. The van der Waals surface area contributed by atoms with Crippen molar-refractivity contribution >= 4 is 10.1 Å². The number of hydrogen-bond donors (Lipinski definition) is 3. The van der Waals surface area contributed by atoms with Gasteiger partial charge in [0.05, 0.1) is 11.4 Å². The minimum absolute atomic E-state index is 0.154. The Kier molecular flexibility index (Phi) is 5.58. The zero-order chi connectivity index (χ0) is 11.2. The summed E-state index contributed by atoms with van der Waals surface area (Å²) in [6.45, 7) is 4.23. The van der Waals surface area contributed by atoms with Crippen molar-refractivity contribution < 1.29 is 18.1 Å². The number of nitrogens with one attached hydrogen (secondary N) is 1. The first-order chi connectivity index (χ1) is 6.33. The zero-order valence-corrected chi connectivity index (χ0v) is 9.47. The van der Waals surface area contributed by atoms with Gasteiger partial charge in [0.25, 0.3) is 10.1 Å². The molecule has 6 heteroatoms. The summed E-state index contributed by atoms with van der Waals surface area (Å²) in [4.78, 5) is 0. The lowest BCUT2D eigenvalue weighted by Crippen LogP contribution is -2.40.